The van der Waals surface area contributed by atoms with Gasteiger partial charge in [0.2, 0.25) is 5.88 Å². The Morgan fingerprint density at radius 3 is 2.50 bits per heavy atom. The summed E-state index contributed by atoms with van der Waals surface area (Å²) in [6.07, 6.45) is 0.707. The molecule has 0 fully saturated rings. The summed E-state index contributed by atoms with van der Waals surface area (Å²) in [4.78, 5) is 15.2. The number of aromatic nitrogens is 3. The molecule has 1 amide bonds. The molecule has 0 unspecified atom stereocenters. The molecule has 0 spiro atoms. The Morgan fingerprint density at radius 1 is 1.10 bits per heavy atom. The monoisotopic (exact) mass is 583 g/mol. The summed E-state index contributed by atoms with van der Waals surface area (Å²) in [6.45, 7) is -0.887. The maximum atomic E-state index is 15.5. The van der Waals surface area contributed by atoms with Gasteiger partial charge in [-0.05, 0) is 18.2 Å². The third-order valence-corrected chi connectivity index (χ3v) is 7.19. The second-order valence-electron chi connectivity index (χ2n) is 8.41. The van der Waals surface area contributed by atoms with Crippen molar-refractivity contribution in [1.29, 1.82) is 0 Å². The van der Waals surface area contributed by atoms with Crippen molar-refractivity contribution in [2.45, 2.75) is 4.90 Å². The molecule has 40 heavy (non-hydrogen) atoms. The van der Waals surface area contributed by atoms with E-state index in [-0.39, 0.29) is 23.1 Å². The average Bonchev–Trinajstić information content (AvgIpc) is 3.37. The number of hydrogen-bond donors (Lipinski definition) is 5. The van der Waals surface area contributed by atoms with E-state index in [9.17, 15) is 22.0 Å². The lowest BCUT2D eigenvalue weighted by atomic mass is 10.0. The highest BCUT2D eigenvalue weighted by Gasteiger charge is 2.27. The minimum absolute atomic E-state index is 0.0355. The van der Waals surface area contributed by atoms with Crippen molar-refractivity contribution in [2.24, 2.45) is 5.92 Å². The van der Waals surface area contributed by atoms with Gasteiger partial charge in [0.15, 0.2) is 22.2 Å². The molecular weight excluding hydrogens is 562 g/mol. The highest BCUT2D eigenvalue weighted by atomic mass is 32.2. The normalized spacial score (nSPS) is 11.7. The molecule has 2 heterocycles. The fourth-order valence-corrected chi connectivity index (χ4v) is 4.95. The summed E-state index contributed by atoms with van der Waals surface area (Å²) in [5.41, 5.74) is -2.96. The van der Waals surface area contributed by atoms with Crippen LogP contribution in [0.4, 0.5) is 23.2 Å². The number of fused-ring (bicyclic) bond motifs is 1. The molecule has 5 N–H and O–H groups in total. The largest absolute Gasteiger partial charge is 0.480 e. The van der Waals surface area contributed by atoms with Crippen LogP contribution in [0.5, 0.6) is 5.88 Å². The molecule has 0 saturated carbocycles. The van der Waals surface area contributed by atoms with E-state index < -0.39 is 85.9 Å². The zero-order valence-corrected chi connectivity index (χ0v) is 21.3. The minimum atomic E-state index is -4.71. The van der Waals surface area contributed by atoms with Crippen LogP contribution in [0, 0.1) is 29.2 Å². The zero-order valence-electron chi connectivity index (χ0n) is 20.5. The first-order valence-corrected chi connectivity index (χ1v) is 12.9. The summed E-state index contributed by atoms with van der Waals surface area (Å²) in [6, 6.07) is 4.20. The Kier molecular flexibility index (Phi) is 8.22. The summed E-state index contributed by atoms with van der Waals surface area (Å²) < 4.78 is 91.8. The van der Waals surface area contributed by atoms with E-state index in [1.807, 2.05) is 4.72 Å². The van der Waals surface area contributed by atoms with Gasteiger partial charge in [0.25, 0.3) is 15.9 Å². The molecule has 4 rings (SSSR count). The quantitative estimate of drug-likeness (QED) is 0.177. The fourth-order valence-electron chi connectivity index (χ4n) is 3.76. The second kappa shape index (κ2) is 11.4. The minimum Gasteiger partial charge on any atom is -0.480 e. The lowest BCUT2D eigenvalue weighted by Gasteiger charge is -2.14. The van der Waals surface area contributed by atoms with Crippen LogP contribution in [0.15, 0.2) is 41.4 Å². The first kappa shape index (κ1) is 28.7. The van der Waals surface area contributed by atoms with Crippen LogP contribution in [0.1, 0.15) is 10.5 Å². The molecule has 0 atom stereocenters. The summed E-state index contributed by atoms with van der Waals surface area (Å²) in [5, 5.41) is 26.7. The van der Waals surface area contributed by atoms with E-state index >= 15 is 8.78 Å². The van der Waals surface area contributed by atoms with Gasteiger partial charge in [-0.15, -0.1) is 0 Å². The van der Waals surface area contributed by atoms with Gasteiger partial charge in [0, 0.05) is 42.7 Å². The number of methoxy groups -OCH3 is 1. The summed E-state index contributed by atoms with van der Waals surface area (Å²) in [7, 11) is -3.62. The number of anilines is 1. The molecular formula is C24H21F4N5O6S. The molecule has 0 aliphatic carbocycles. The van der Waals surface area contributed by atoms with Crippen molar-refractivity contribution >= 4 is 32.5 Å². The number of aromatic amines is 1. The molecule has 2 aromatic carbocycles. The van der Waals surface area contributed by atoms with E-state index in [1.165, 1.54) is 6.07 Å². The van der Waals surface area contributed by atoms with E-state index in [1.54, 1.807) is 0 Å². The fraction of sp³-hybridized carbons (Fsp3) is 0.208. The lowest BCUT2D eigenvalue weighted by molar-refractivity contribution is 0.0918. The van der Waals surface area contributed by atoms with Crippen LogP contribution >= 0.6 is 0 Å². The predicted octanol–water partition coefficient (Wildman–Crippen LogP) is 2.32. The molecule has 0 saturated heterocycles. The topological polar surface area (TPSA) is 167 Å². The number of nitrogens with zero attached hydrogens (tertiary/aromatic N) is 2. The first-order valence-electron chi connectivity index (χ1n) is 11.4. The van der Waals surface area contributed by atoms with Crippen LogP contribution in [0.3, 0.4) is 0 Å². The standard InChI is InChI=1S/C24H21F4N5O6S/c1-39-24-17(6-12(25)8-30-24)40(37,38)33-16-5-4-15(26)18(20(16)28)13-2-3-14-21(19(13)27)31-32-22(14)23(36)29-7-11(9-34)10-35/h2-6,8,11,33-35H,7,9-10H2,1H3,(H,29,36)(H,31,32). The maximum absolute atomic E-state index is 15.5. The number of ether oxygens (including phenoxy) is 1. The highest BCUT2D eigenvalue weighted by molar-refractivity contribution is 7.92. The molecule has 4 aromatic rings. The number of H-pyrrole nitrogens is 1. The Morgan fingerprint density at radius 2 is 1.82 bits per heavy atom. The third-order valence-electron chi connectivity index (χ3n) is 5.83. The second-order valence-corrected chi connectivity index (χ2v) is 10.1. The Hall–Kier alpha value is -4.28. The van der Waals surface area contributed by atoms with Crippen molar-refractivity contribution in [2.75, 3.05) is 31.6 Å². The zero-order chi connectivity index (χ0) is 29.2. The van der Waals surface area contributed by atoms with Crippen LogP contribution in [-0.2, 0) is 10.0 Å². The van der Waals surface area contributed by atoms with Crippen molar-refractivity contribution in [1.82, 2.24) is 20.5 Å². The van der Waals surface area contributed by atoms with Gasteiger partial charge in [-0.25, -0.2) is 31.0 Å². The number of rotatable bonds is 10. The van der Waals surface area contributed by atoms with E-state index in [4.69, 9.17) is 14.9 Å². The number of benzene rings is 2. The third kappa shape index (κ3) is 5.41. The molecule has 0 bridgehead atoms. The number of sulfonamides is 1. The number of pyridine rings is 1. The van der Waals surface area contributed by atoms with E-state index in [0.717, 1.165) is 19.2 Å². The SMILES string of the molecule is COc1ncc(F)cc1S(=O)(=O)Nc1ccc(F)c(-c2ccc3c(C(=O)NCC(CO)CO)n[nH]c3c2F)c1F. The number of nitrogens with one attached hydrogen (secondary N) is 3. The molecule has 0 radical (unpaired) electrons. The number of aliphatic hydroxyl groups is 2. The Balaban J connectivity index is 1.72. The van der Waals surface area contributed by atoms with Crippen LogP contribution in [-0.4, -0.2) is 66.6 Å². The predicted molar refractivity (Wildman–Crippen MR) is 133 cm³/mol. The summed E-state index contributed by atoms with van der Waals surface area (Å²) in [5.74, 6) is -6.82. The van der Waals surface area contributed by atoms with Crippen LogP contribution in [0.25, 0.3) is 22.0 Å². The van der Waals surface area contributed by atoms with Crippen molar-refractivity contribution in [3.8, 4) is 17.0 Å². The van der Waals surface area contributed by atoms with E-state index in [0.29, 0.717) is 18.3 Å². The highest BCUT2D eigenvalue weighted by Crippen LogP contribution is 2.36. The van der Waals surface area contributed by atoms with Gasteiger partial charge in [-0.1, -0.05) is 6.07 Å². The Labute approximate surface area is 223 Å². The lowest BCUT2D eigenvalue weighted by Crippen LogP contribution is -2.32. The smallest absolute Gasteiger partial charge is 0.272 e. The van der Waals surface area contributed by atoms with Crippen LogP contribution in [0.2, 0.25) is 0 Å². The van der Waals surface area contributed by atoms with Gasteiger partial charge < -0.3 is 20.3 Å². The number of carbonyl (C=O) groups is 1. The molecule has 16 heteroatoms. The van der Waals surface area contributed by atoms with Crippen molar-refractivity contribution < 1.29 is 45.7 Å². The molecule has 212 valence electrons. The molecule has 0 aliphatic heterocycles. The van der Waals surface area contributed by atoms with E-state index in [2.05, 4.69) is 20.5 Å². The van der Waals surface area contributed by atoms with Crippen molar-refractivity contribution in [3.05, 3.63) is 65.5 Å². The van der Waals surface area contributed by atoms with Gasteiger partial charge in [-0.2, -0.15) is 5.10 Å². The van der Waals surface area contributed by atoms with Crippen molar-refractivity contribution in [3.63, 3.8) is 0 Å². The molecule has 2 aromatic heterocycles. The van der Waals surface area contributed by atoms with Gasteiger partial charge >= 0.3 is 0 Å². The average molecular weight is 584 g/mol. The molecule has 11 nitrogen and oxygen atoms in total. The Bertz CT molecular complexity index is 1700. The first-order chi connectivity index (χ1) is 19.0. The van der Waals surface area contributed by atoms with Gasteiger partial charge in [0.05, 0.1) is 24.6 Å². The summed E-state index contributed by atoms with van der Waals surface area (Å²) >= 11 is 0. The van der Waals surface area contributed by atoms with Gasteiger partial charge in [0.1, 0.15) is 17.2 Å². The number of halogens is 4. The molecule has 0 aliphatic rings. The van der Waals surface area contributed by atoms with Crippen LogP contribution < -0.4 is 14.8 Å². The maximum Gasteiger partial charge on any atom is 0.272 e. The number of amides is 1. The number of hydrogen-bond acceptors (Lipinski definition) is 8. The number of aliphatic hydroxyl groups excluding tert-OH is 2. The number of carbonyl (C=O) groups excluding carboxylic acids is 1. The van der Waals surface area contributed by atoms with Gasteiger partial charge in [-0.3, -0.25) is 14.6 Å².